The number of benzene rings is 2. The third-order valence-corrected chi connectivity index (χ3v) is 3.82. The molecule has 0 atom stereocenters. The number of carboxylic acids is 1. The van der Waals surface area contributed by atoms with E-state index in [-0.39, 0.29) is 29.7 Å². The van der Waals surface area contributed by atoms with Gasteiger partial charge in [0, 0.05) is 11.8 Å². The number of esters is 1. The largest absolute Gasteiger partial charge is 0.478 e. The van der Waals surface area contributed by atoms with Gasteiger partial charge in [-0.05, 0) is 43.3 Å². The van der Waals surface area contributed by atoms with E-state index in [0.29, 0.717) is 29.4 Å². The van der Waals surface area contributed by atoms with Crippen LogP contribution in [-0.2, 0) is 4.74 Å². The molecule has 0 amide bonds. The summed E-state index contributed by atoms with van der Waals surface area (Å²) in [6.07, 6.45) is 0. The highest BCUT2D eigenvalue weighted by atomic mass is 35.5. The van der Waals surface area contributed by atoms with Crippen molar-refractivity contribution >= 4 is 53.3 Å². The van der Waals surface area contributed by atoms with Crippen molar-refractivity contribution in [1.29, 1.82) is 0 Å². The lowest BCUT2D eigenvalue weighted by Crippen LogP contribution is -2.07. The van der Waals surface area contributed by atoms with E-state index >= 15 is 0 Å². The Balaban J connectivity index is 0.00000320. The molecule has 2 aromatic carbocycles. The van der Waals surface area contributed by atoms with Crippen LogP contribution < -0.4 is 16.4 Å². The van der Waals surface area contributed by atoms with Crippen LogP contribution in [0.3, 0.4) is 0 Å². The van der Waals surface area contributed by atoms with Crippen molar-refractivity contribution in [2.45, 2.75) is 6.92 Å². The molecule has 156 valence electrons. The van der Waals surface area contributed by atoms with Gasteiger partial charge >= 0.3 is 11.9 Å². The molecule has 3 aromatic rings. The molecule has 10 heteroatoms. The van der Waals surface area contributed by atoms with E-state index in [1.807, 2.05) is 0 Å². The van der Waals surface area contributed by atoms with E-state index in [9.17, 15) is 14.7 Å². The highest BCUT2D eigenvalue weighted by Crippen LogP contribution is 2.23. The summed E-state index contributed by atoms with van der Waals surface area (Å²) >= 11 is 0. The minimum atomic E-state index is -1.06. The SMILES string of the molecule is CCOC(=O)c1ccc(Nc2nc(N)cc(Nc3ccccc3C(=O)O)n2)cc1.Cl. The highest BCUT2D eigenvalue weighted by Gasteiger charge is 2.11. The maximum absolute atomic E-state index is 11.7. The zero-order valence-corrected chi connectivity index (χ0v) is 16.8. The van der Waals surface area contributed by atoms with Gasteiger partial charge in [0.2, 0.25) is 5.95 Å². The smallest absolute Gasteiger partial charge is 0.338 e. The number of rotatable bonds is 7. The van der Waals surface area contributed by atoms with Gasteiger partial charge in [0.25, 0.3) is 0 Å². The third-order valence-electron chi connectivity index (χ3n) is 3.82. The van der Waals surface area contributed by atoms with Crippen LogP contribution in [0.2, 0.25) is 0 Å². The number of hydrogen-bond donors (Lipinski definition) is 4. The number of carboxylic acid groups (broad SMARTS) is 1. The number of nitrogen functional groups attached to an aromatic ring is 1. The lowest BCUT2D eigenvalue weighted by molar-refractivity contribution is 0.0526. The Hall–Kier alpha value is -3.85. The second-order valence-electron chi connectivity index (χ2n) is 5.90. The summed E-state index contributed by atoms with van der Waals surface area (Å²) in [4.78, 5) is 31.5. The summed E-state index contributed by atoms with van der Waals surface area (Å²) < 4.78 is 4.95. The van der Waals surface area contributed by atoms with Crippen LogP contribution in [0.5, 0.6) is 0 Å². The van der Waals surface area contributed by atoms with Crippen molar-refractivity contribution < 1.29 is 19.4 Å². The number of ether oxygens (including phenoxy) is 1. The first-order valence-corrected chi connectivity index (χ1v) is 8.74. The Morgan fingerprint density at radius 3 is 2.43 bits per heavy atom. The van der Waals surface area contributed by atoms with Crippen LogP contribution >= 0.6 is 12.4 Å². The van der Waals surface area contributed by atoms with Crippen LogP contribution in [-0.4, -0.2) is 33.6 Å². The standard InChI is InChI=1S/C20H19N5O4.ClH/c1-2-29-19(28)12-7-9-13(10-8-12)22-20-24-16(21)11-17(25-20)23-15-6-4-3-5-14(15)18(26)27;/h3-11H,2H2,1H3,(H,26,27)(H4,21,22,23,24,25);1H. The monoisotopic (exact) mass is 429 g/mol. The van der Waals surface area contributed by atoms with Crippen LogP contribution in [0.1, 0.15) is 27.6 Å². The number of anilines is 5. The molecule has 0 radical (unpaired) electrons. The topological polar surface area (TPSA) is 139 Å². The Morgan fingerprint density at radius 2 is 1.77 bits per heavy atom. The van der Waals surface area contributed by atoms with E-state index in [4.69, 9.17) is 10.5 Å². The molecule has 0 bridgehead atoms. The first-order valence-electron chi connectivity index (χ1n) is 8.74. The second-order valence-corrected chi connectivity index (χ2v) is 5.90. The number of aromatic carboxylic acids is 1. The lowest BCUT2D eigenvalue weighted by Gasteiger charge is -2.11. The van der Waals surface area contributed by atoms with E-state index in [0.717, 1.165) is 0 Å². The van der Waals surface area contributed by atoms with Crippen LogP contribution in [0.4, 0.5) is 29.0 Å². The Bertz CT molecular complexity index is 1040. The van der Waals surface area contributed by atoms with Crippen molar-refractivity contribution in [1.82, 2.24) is 9.97 Å². The fourth-order valence-electron chi connectivity index (χ4n) is 2.54. The minimum absolute atomic E-state index is 0. The molecule has 1 heterocycles. The fourth-order valence-corrected chi connectivity index (χ4v) is 2.54. The molecular formula is C20H20ClN5O4. The maximum atomic E-state index is 11.7. The Labute approximate surface area is 178 Å². The van der Waals surface area contributed by atoms with Gasteiger partial charge in [0.1, 0.15) is 11.6 Å². The van der Waals surface area contributed by atoms with Crippen molar-refractivity contribution in [2.24, 2.45) is 0 Å². The molecule has 0 unspecified atom stereocenters. The van der Waals surface area contributed by atoms with Crippen molar-refractivity contribution in [3.05, 3.63) is 65.7 Å². The number of nitrogens with two attached hydrogens (primary N) is 1. The Kier molecular flexibility index (Phi) is 7.54. The number of halogens is 1. The molecule has 0 saturated heterocycles. The molecule has 0 spiro atoms. The van der Waals surface area contributed by atoms with E-state index < -0.39 is 11.9 Å². The molecular weight excluding hydrogens is 410 g/mol. The molecule has 5 N–H and O–H groups in total. The molecule has 3 rings (SSSR count). The number of hydrogen-bond acceptors (Lipinski definition) is 8. The summed E-state index contributed by atoms with van der Waals surface area (Å²) in [6, 6.07) is 14.6. The zero-order valence-electron chi connectivity index (χ0n) is 16.0. The minimum Gasteiger partial charge on any atom is -0.478 e. The van der Waals surface area contributed by atoms with Gasteiger partial charge in [-0.1, -0.05) is 12.1 Å². The van der Waals surface area contributed by atoms with E-state index in [2.05, 4.69) is 20.6 Å². The number of nitrogens with zero attached hydrogens (tertiary/aromatic N) is 2. The summed E-state index contributed by atoms with van der Waals surface area (Å²) in [7, 11) is 0. The molecule has 0 aliphatic carbocycles. The molecule has 30 heavy (non-hydrogen) atoms. The number of nitrogens with one attached hydrogen (secondary N) is 2. The maximum Gasteiger partial charge on any atom is 0.338 e. The number of para-hydroxylation sites is 1. The summed E-state index contributed by atoms with van der Waals surface area (Å²) in [5.74, 6) is -0.722. The van der Waals surface area contributed by atoms with Crippen molar-refractivity contribution in [3.63, 3.8) is 0 Å². The normalized spacial score (nSPS) is 9.90. The van der Waals surface area contributed by atoms with Gasteiger partial charge in [0.15, 0.2) is 0 Å². The van der Waals surface area contributed by atoms with Gasteiger partial charge in [-0.2, -0.15) is 9.97 Å². The van der Waals surface area contributed by atoms with Crippen molar-refractivity contribution in [3.8, 4) is 0 Å². The number of aromatic nitrogens is 2. The van der Waals surface area contributed by atoms with Gasteiger partial charge in [-0.15, -0.1) is 12.4 Å². The average molecular weight is 430 g/mol. The first-order chi connectivity index (χ1) is 14.0. The first kappa shape index (κ1) is 22.4. The van der Waals surface area contributed by atoms with Gasteiger partial charge in [0.05, 0.1) is 23.4 Å². The van der Waals surface area contributed by atoms with Crippen molar-refractivity contribution in [2.75, 3.05) is 23.0 Å². The van der Waals surface area contributed by atoms with Crippen LogP contribution in [0.15, 0.2) is 54.6 Å². The predicted octanol–water partition coefficient (Wildman–Crippen LogP) is 3.84. The van der Waals surface area contributed by atoms with Crippen LogP contribution in [0, 0.1) is 0 Å². The number of carbonyl (C=O) groups excluding carboxylic acids is 1. The molecule has 0 aliphatic heterocycles. The van der Waals surface area contributed by atoms with Crippen LogP contribution in [0.25, 0.3) is 0 Å². The lowest BCUT2D eigenvalue weighted by atomic mass is 10.2. The average Bonchev–Trinajstić information content (AvgIpc) is 2.68. The van der Waals surface area contributed by atoms with E-state index in [1.165, 1.54) is 12.1 Å². The number of carbonyl (C=O) groups is 2. The summed E-state index contributed by atoms with van der Waals surface area (Å²) in [5, 5.41) is 15.2. The molecule has 1 aromatic heterocycles. The Morgan fingerprint density at radius 1 is 1.07 bits per heavy atom. The molecule has 0 aliphatic rings. The third kappa shape index (κ3) is 5.58. The second kappa shape index (κ2) is 10.1. The predicted molar refractivity (Wildman–Crippen MR) is 116 cm³/mol. The molecule has 0 saturated carbocycles. The van der Waals surface area contributed by atoms with Gasteiger partial charge in [-0.25, -0.2) is 9.59 Å². The fraction of sp³-hybridized carbons (Fsp3) is 0.100. The van der Waals surface area contributed by atoms with E-state index in [1.54, 1.807) is 49.4 Å². The molecule has 0 fully saturated rings. The zero-order chi connectivity index (χ0) is 20.8. The quantitative estimate of drug-likeness (QED) is 0.412. The summed E-state index contributed by atoms with van der Waals surface area (Å²) in [5.41, 5.74) is 7.40. The summed E-state index contributed by atoms with van der Waals surface area (Å²) in [6.45, 7) is 2.04. The highest BCUT2D eigenvalue weighted by molar-refractivity contribution is 5.95. The van der Waals surface area contributed by atoms with Gasteiger partial charge in [-0.3, -0.25) is 0 Å². The molecule has 9 nitrogen and oxygen atoms in total. The van der Waals surface area contributed by atoms with Gasteiger partial charge < -0.3 is 26.2 Å².